The van der Waals surface area contributed by atoms with Gasteiger partial charge in [-0.15, -0.1) is 0 Å². The van der Waals surface area contributed by atoms with Crippen molar-refractivity contribution in [1.82, 2.24) is 5.32 Å². The lowest BCUT2D eigenvalue weighted by molar-refractivity contribution is 0.110. The molecule has 0 unspecified atom stereocenters. The fraction of sp³-hybridized carbons (Fsp3) is 0.647. The van der Waals surface area contributed by atoms with Crippen molar-refractivity contribution in [3.63, 3.8) is 0 Å². The summed E-state index contributed by atoms with van der Waals surface area (Å²) >= 11 is 0. The summed E-state index contributed by atoms with van der Waals surface area (Å²) in [6.45, 7) is 3.52. The van der Waals surface area contributed by atoms with E-state index in [-0.39, 0.29) is 0 Å². The largest absolute Gasteiger partial charge is 0.493 e. The fourth-order valence-corrected chi connectivity index (χ4v) is 2.55. The minimum Gasteiger partial charge on any atom is -0.493 e. The smallest absolute Gasteiger partial charge is 0.203 e. The van der Waals surface area contributed by atoms with E-state index in [1.165, 1.54) is 12.8 Å². The molecule has 1 aromatic rings. The first-order valence-electron chi connectivity index (χ1n) is 8.01. The van der Waals surface area contributed by atoms with Crippen molar-refractivity contribution in [3.05, 3.63) is 18.2 Å². The summed E-state index contributed by atoms with van der Waals surface area (Å²) in [5.74, 6) is 2.09. The molecule has 2 rings (SSSR count). The number of unbranched alkanes of at least 4 members (excludes halogenated alkanes) is 1. The Balaban J connectivity index is 1.62. The lowest BCUT2D eigenvalue weighted by Crippen LogP contribution is -2.27. The molecule has 0 bridgehead atoms. The molecule has 1 aliphatic rings. The molecule has 1 N–H and O–H groups in total. The lowest BCUT2D eigenvalue weighted by Gasteiger charge is -2.14. The molecule has 1 heterocycles. The summed E-state index contributed by atoms with van der Waals surface area (Å²) in [6, 6.07) is 5.64. The third kappa shape index (κ3) is 5.07. The van der Waals surface area contributed by atoms with Crippen molar-refractivity contribution in [1.29, 1.82) is 0 Å². The number of nitrogens with one attached hydrogen (secondary N) is 1. The Bertz CT molecular complexity index is 410. The summed E-state index contributed by atoms with van der Waals surface area (Å²) in [6.07, 6.45) is 4.85. The predicted octanol–water partition coefficient (Wildman–Crippen LogP) is 2.63. The quantitative estimate of drug-likeness (QED) is 0.673. The average Bonchev–Trinajstić information content (AvgIpc) is 3.07. The zero-order chi connectivity index (χ0) is 15.6. The van der Waals surface area contributed by atoms with Gasteiger partial charge in [-0.2, -0.15) is 0 Å². The number of hydrogen-bond acceptors (Lipinski definition) is 5. The minimum atomic E-state index is 0.411. The summed E-state index contributed by atoms with van der Waals surface area (Å²) in [5.41, 5.74) is 0. The molecule has 1 saturated heterocycles. The SMILES string of the molecule is COc1cccc(OC)c1OCCCCNC[C@H]1CCCO1. The number of benzene rings is 1. The van der Waals surface area contributed by atoms with Gasteiger partial charge in [0.1, 0.15) is 0 Å². The Morgan fingerprint density at radius 1 is 1.18 bits per heavy atom. The first-order chi connectivity index (χ1) is 10.8. The Hall–Kier alpha value is -1.46. The summed E-state index contributed by atoms with van der Waals surface area (Å²) < 4.78 is 22.0. The molecule has 0 aliphatic carbocycles. The fourth-order valence-electron chi connectivity index (χ4n) is 2.55. The summed E-state index contributed by atoms with van der Waals surface area (Å²) in [4.78, 5) is 0. The molecule has 1 fully saturated rings. The Morgan fingerprint density at radius 2 is 1.95 bits per heavy atom. The van der Waals surface area contributed by atoms with E-state index in [1.54, 1.807) is 14.2 Å². The highest BCUT2D eigenvalue weighted by molar-refractivity contribution is 5.51. The van der Waals surface area contributed by atoms with Gasteiger partial charge in [0.25, 0.3) is 0 Å². The van der Waals surface area contributed by atoms with Crippen LogP contribution in [0, 0.1) is 0 Å². The van der Waals surface area contributed by atoms with Gasteiger partial charge in [0.2, 0.25) is 5.75 Å². The molecule has 5 heteroatoms. The molecule has 1 atom stereocenters. The van der Waals surface area contributed by atoms with E-state index in [0.717, 1.165) is 32.5 Å². The molecule has 22 heavy (non-hydrogen) atoms. The van der Waals surface area contributed by atoms with E-state index in [2.05, 4.69) is 5.32 Å². The van der Waals surface area contributed by atoms with Gasteiger partial charge in [0.05, 0.1) is 26.9 Å². The average molecular weight is 309 g/mol. The van der Waals surface area contributed by atoms with Gasteiger partial charge in [-0.1, -0.05) is 6.07 Å². The molecule has 0 amide bonds. The van der Waals surface area contributed by atoms with Crippen molar-refractivity contribution in [2.24, 2.45) is 0 Å². The topological polar surface area (TPSA) is 49.0 Å². The zero-order valence-corrected chi connectivity index (χ0v) is 13.6. The van der Waals surface area contributed by atoms with Crippen LogP contribution in [0.5, 0.6) is 17.2 Å². The van der Waals surface area contributed by atoms with Crippen LogP contribution < -0.4 is 19.5 Å². The van der Waals surface area contributed by atoms with Crippen molar-refractivity contribution in [3.8, 4) is 17.2 Å². The maximum Gasteiger partial charge on any atom is 0.203 e. The molecule has 0 aromatic heterocycles. The highest BCUT2D eigenvalue weighted by Crippen LogP contribution is 2.36. The molecule has 124 valence electrons. The van der Waals surface area contributed by atoms with Crippen LogP contribution in [-0.4, -0.2) is 46.6 Å². The minimum absolute atomic E-state index is 0.411. The molecule has 1 aromatic carbocycles. The first-order valence-corrected chi connectivity index (χ1v) is 8.01. The van der Waals surface area contributed by atoms with Crippen molar-refractivity contribution in [2.45, 2.75) is 31.8 Å². The Morgan fingerprint density at radius 3 is 2.59 bits per heavy atom. The maximum atomic E-state index is 5.83. The van der Waals surface area contributed by atoms with Crippen LogP contribution in [0.25, 0.3) is 0 Å². The van der Waals surface area contributed by atoms with Crippen LogP contribution >= 0.6 is 0 Å². The van der Waals surface area contributed by atoms with Crippen LogP contribution in [-0.2, 0) is 4.74 Å². The monoisotopic (exact) mass is 309 g/mol. The maximum absolute atomic E-state index is 5.83. The van der Waals surface area contributed by atoms with E-state index >= 15 is 0 Å². The lowest BCUT2D eigenvalue weighted by atomic mass is 10.2. The second kappa shape index (κ2) is 9.54. The highest BCUT2D eigenvalue weighted by Gasteiger charge is 2.14. The van der Waals surface area contributed by atoms with Gasteiger partial charge in [0.15, 0.2) is 11.5 Å². The number of para-hydroxylation sites is 1. The third-order valence-corrected chi connectivity index (χ3v) is 3.77. The molecular formula is C17H27NO4. The van der Waals surface area contributed by atoms with Crippen LogP contribution in [0.15, 0.2) is 18.2 Å². The predicted molar refractivity (Wildman–Crippen MR) is 86.1 cm³/mol. The molecule has 1 aliphatic heterocycles. The molecule has 0 radical (unpaired) electrons. The van der Waals surface area contributed by atoms with Gasteiger partial charge in [-0.05, 0) is 44.4 Å². The normalized spacial score (nSPS) is 17.5. The van der Waals surface area contributed by atoms with Crippen LogP contribution in [0.1, 0.15) is 25.7 Å². The van der Waals surface area contributed by atoms with Crippen molar-refractivity contribution < 1.29 is 18.9 Å². The van der Waals surface area contributed by atoms with E-state index in [1.807, 2.05) is 18.2 Å². The van der Waals surface area contributed by atoms with E-state index in [4.69, 9.17) is 18.9 Å². The zero-order valence-electron chi connectivity index (χ0n) is 13.6. The molecule has 0 spiro atoms. The van der Waals surface area contributed by atoms with Crippen molar-refractivity contribution in [2.75, 3.05) is 40.5 Å². The van der Waals surface area contributed by atoms with E-state index < -0.39 is 0 Å². The van der Waals surface area contributed by atoms with E-state index in [0.29, 0.717) is 30.0 Å². The first kappa shape index (κ1) is 16.9. The standard InChI is InChI=1S/C17H27NO4/c1-19-15-8-5-9-16(20-2)17(15)22-11-4-3-10-18-13-14-7-6-12-21-14/h5,8-9,14,18H,3-4,6-7,10-13H2,1-2H3/t14-/m1/s1. The van der Waals surface area contributed by atoms with E-state index in [9.17, 15) is 0 Å². The number of ether oxygens (including phenoxy) is 4. The molecule has 0 saturated carbocycles. The Kier molecular flexibility index (Phi) is 7.33. The number of hydrogen-bond donors (Lipinski definition) is 1. The summed E-state index contributed by atoms with van der Waals surface area (Å²) in [5, 5.41) is 3.44. The second-order valence-electron chi connectivity index (χ2n) is 5.39. The second-order valence-corrected chi connectivity index (χ2v) is 5.39. The van der Waals surface area contributed by atoms with Crippen molar-refractivity contribution >= 4 is 0 Å². The van der Waals surface area contributed by atoms with Gasteiger partial charge in [-0.25, -0.2) is 0 Å². The van der Waals surface area contributed by atoms with Crippen LogP contribution in [0.3, 0.4) is 0 Å². The number of rotatable bonds is 10. The number of methoxy groups -OCH3 is 2. The van der Waals surface area contributed by atoms with Crippen LogP contribution in [0.2, 0.25) is 0 Å². The van der Waals surface area contributed by atoms with Gasteiger partial charge in [-0.3, -0.25) is 0 Å². The summed E-state index contributed by atoms with van der Waals surface area (Å²) in [7, 11) is 3.27. The van der Waals surface area contributed by atoms with Gasteiger partial charge in [0, 0.05) is 13.2 Å². The van der Waals surface area contributed by atoms with Gasteiger partial charge >= 0.3 is 0 Å². The van der Waals surface area contributed by atoms with Crippen LogP contribution in [0.4, 0.5) is 0 Å². The highest BCUT2D eigenvalue weighted by atomic mass is 16.5. The van der Waals surface area contributed by atoms with Gasteiger partial charge < -0.3 is 24.3 Å². The molecule has 5 nitrogen and oxygen atoms in total. The third-order valence-electron chi connectivity index (χ3n) is 3.77. The molecular weight excluding hydrogens is 282 g/mol. The Labute approximate surface area is 132 Å².